The lowest BCUT2D eigenvalue weighted by Crippen LogP contribution is -2.38. The van der Waals surface area contributed by atoms with E-state index in [1.54, 1.807) is 23.1 Å². The number of hydrogen-bond donors (Lipinski definition) is 0. The summed E-state index contributed by atoms with van der Waals surface area (Å²) in [4.78, 5) is 19.0. The summed E-state index contributed by atoms with van der Waals surface area (Å²) in [5, 5.41) is 0. The van der Waals surface area contributed by atoms with Crippen molar-refractivity contribution in [1.29, 1.82) is 0 Å². The maximum atomic E-state index is 12.9. The molecule has 0 aliphatic carbocycles. The number of pyridine rings is 1. The van der Waals surface area contributed by atoms with Gasteiger partial charge in [0.05, 0.1) is 25.5 Å². The van der Waals surface area contributed by atoms with Gasteiger partial charge in [-0.05, 0) is 30.7 Å². The zero-order valence-electron chi connectivity index (χ0n) is 15.0. The lowest BCUT2D eigenvalue weighted by molar-refractivity contribution is -0.0472. The summed E-state index contributed by atoms with van der Waals surface area (Å²) in [6, 6.07) is 14.5. The first-order chi connectivity index (χ1) is 13.3. The van der Waals surface area contributed by atoms with Crippen molar-refractivity contribution < 1.29 is 23.7 Å². The van der Waals surface area contributed by atoms with Crippen molar-refractivity contribution in [3.8, 4) is 5.75 Å². The van der Waals surface area contributed by atoms with Crippen LogP contribution in [-0.2, 0) is 14.2 Å². The summed E-state index contributed by atoms with van der Waals surface area (Å²) in [5.41, 5.74) is 0.644. The van der Waals surface area contributed by atoms with Gasteiger partial charge >= 0.3 is 6.09 Å². The molecule has 0 spiro atoms. The van der Waals surface area contributed by atoms with Crippen LogP contribution in [0.2, 0.25) is 0 Å². The third-order valence-corrected chi connectivity index (χ3v) is 4.53. The first kappa shape index (κ1) is 17.9. The Hall–Kier alpha value is -2.48. The second-order valence-electron chi connectivity index (χ2n) is 6.52. The van der Waals surface area contributed by atoms with Crippen molar-refractivity contribution in [2.75, 3.05) is 37.9 Å². The van der Waals surface area contributed by atoms with Gasteiger partial charge in [0.25, 0.3) is 0 Å². The monoisotopic (exact) mass is 370 g/mol. The van der Waals surface area contributed by atoms with E-state index in [0.29, 0.717) is 50.2 Å². The number of ether oxygens (including phenoxy) is 4. The summed E-state index contributed by atoms with van der Waals surface area (Å²) in [7, 11) is 0. The first-order valence-electron chi connectivity index (χ1n) is 9.12. The van der Waals surface area contributed by atoms with Crippen LogP contribution < -0.4 is 9.64 Å². The van der Waals surface area contributed by atoms with E-state index in [1.807, 2.05) is 30.3 Å². The van der Waals surface area contributed by atoms with E-state index in [-0.39, 0.29) is 5.92 Å². The van der Waals surface area contributed by atoms with E-state index in [4.69, 9.17) is 18.9 Å². The predicted molar refractivity (Wildman–Crippen MR) is 97.6 cm³/mol. The molecule has 2 fully saturated rings. The van der Waals surface area contributed by atoms with Gasteiger partial charge in [0.2, 0.25) is 6.29 Å². The minimum absolute atomic E-state index is 0.248. The first-order valence-corrected chi connectivity index (χ1v) is 9.12. The van der Waals surface area contributed by atoms with E-state index < -0.39 is 12.4 Å². The fourth-order valence-corrected chi connectivity index (χ4v) is 3.14. The van der Waals surface area contributed by atoms with E-state index in [2.05, 4.69) is 4.98 Å². The molecule has 1 aromatic carbocycles. The highest BCUT2D eigenvalue weighted by Gasteiger charge is 2.27. The summed E-state index contributed by atoms with van der Waals surface area (Å²) in [6.45, 7) is 2.90. The van der Waals surface area contributed by atoms with Gasteiger partial charge < -0.3 is 18.9 Å². The van der Waals surface area contributed by atoms with Crippen molar-refractivity contribution in [2.24, 2.45) is 5.92 Å². The lowest BCUT2D eigenvalue weighted by Gasteiger charge is -2.24. The average molecular weight is 370 g/mol. The second-order valence-corrected chi connectivity index (χ2v) is 6.52. The molecule has 3 heterocycles. The molecular formula is C20H22N2O5. The van der Waals surface area contributed by atoms with Crippen LogP contribution in [0.3, 0.4) is 0 Å². The number of carbonyl (C=O) groups excluding carboxylic acids is 1. The number of carbonyl (C=O) groups is 1. The molecule has 0 saturated carbocycles. The smallest absolute Gasteiger partial charge is 0.410 e. The quantitative estimate of drug-likeness (QED) is 0.805. The molecule has 142 valence electrons. The van der Waals surface area contributed by atoms with Crippen molar-refractivity contribution >= 4 is 11.9 Å². The maximum Gasteiger partial charge on any atom is 0.420 e. The van der Waals surface area contributed by atoms with Crippen LogP contribution in [0, 0.1) is 5.92 Å². The molecule has 0 N–H and O–H groups in total. The fraction of sp³-hybridized carbons (Fsp3) is 0.400. The zero-order chi connectivity index (χ0) is 18.5. The highest BCUT2D eigenvalue weighted by Crippen LogP contribution is 2.25. The molecule has 7 heteroatoms. The Labute approximate surface area is 157 Å². The van der Waals surface area contributed by atoms with Crippen molar-refractivity contribution in [3.05, 3.63) is 54.2 Å². The van der Waals surface area contributed by atoms with E-state index in [1.165, 1.54) is 0 Å². The predicted octanol–water partition coefficient (Wildman–Crippen LogP) is 3.17. The summed E-state index contributed by atoms with van der Waals surface area (Å²) in [5.74, 6) is 1.26. The molecule has 1 atom stereocenters. The molecule has 1 unspecified atom stereocenters. The van der Waals surface area contributed by atoms with E-state index in [0.717, 1.165) is 6.42 Å². The molecule has 2 aliphatic rings. The minimum Gasteiger partial charge on any atom is -0.410 e. The molecule has 2 aromatic rings. The standard InChI is InChI=1S/C20H22N2O5/c23-20(27-16-5-2-1-3-6-16)22(13-15-9-10-24-14-15)18-8-4-7-17(21-18)19-25-11-12-26-19/h1-8,15,19H,9-14H2. The van der Waals surface area contributed by atoms with Gasteiger partial charge in [0.1, 0.15) is 11.6 Å². The van der Waals surface area contributed by atoms with Gasteiger partial charge in [-0.3, -0.25) is 4.90 Å². The molecule has 2 aliphatic heterocycles. The SMILES string of the molecule is O=C(Oc1ccccc1)N(CC1CCOC1)c1cccc(C2OCCO2)n1. The Bertz CT molecular complexity index is 758. The van der Waals surface area contributed by atoms with Crippen LogP contribution in [0.5, 0.6) is 5.75 Å². The Morgan fingerprint density at radius 3 is 2.63 bits per heavy atom. The number of aromatic nitrogens is 1. The summed E-state index contributed by atoms with van der Waals surface area (Å²) < 4.78 is 22.1. The van der Waals surface area contributed by atoms with Gasteiger partial charge in [-0.1, -0.05) is 24.3 Å². The zero-order valence-corrected chi connectivity index (χ0v) is 15.0. The number of amides is 1. The molecule has 4 rings (SSSR count). The number of rotatable bonds is 5. The largest absolute Gasteiger partial charge is 0.420 e. The number of para-hydroxylation sites is 1. The molecule has 1 aromatic heterocycles. The van der Waals surface area contributed by atoms with E-state index in [9.17, 15) is 4.79 Å². The van der Waals surface area contributed by atoms with Crippen LogP contribution >= 0.6 is 0 Å². The highest BCUT2D eigenvalue weighted by atomic mass is 16.7. The maximum absolute atomic E-state index is 12.9. The Morgan fingerprint density at radius 2 is 1.89 bits per heavy atom. The summed E-state index contributed by atoms with van der Waals surface area (Å²) >= 11 is 0. The topological polar surface area (TPSA) is 70.1 Å². The molecule has 7 nitrogen and oxygen atoms in total. The molecule has 2 saturated heterocycles. The number of hydrogen-bond acceptors (Lipinski definition) is 6. The van der Waals surface area contributed by atoms with Gasteiger partial charge in [0, 0.05) is 19.1 Å². The van der Waals surface area contributed by atoms with Crippen LogP contribution in [0.25, 0.3) is 0 Å². The van der Waals surface area contributed by atoms with Crippen molar-refractivity contribution in [3.63, 3.8) is 0 Å². The second kappa shape index (κ2) is 8.47. The van der Waals surface area contributed by atoms with Crippen LogP contribution in [0.4, 0.5) is 10.6 Å². The Morgan fingerprint density at radius 1 is 1.07 bits per heavy atom. The van der Waals surface area contributed by atoms with E-state index >= 15 is 0 Å². The van der Waals surface area contributed by atoms with Gasteiger partial charge in [-0.2, -0.15) is 0 Å². The normalized spacial score (nSPS) is 19.9. The van der Waals surface area contributed by atoms with Gasteiger partial charge in [0.15, 0.2) is 0 Å². The number of anilines is 1. The molecular weight excluding hydrogens is 348 g/mol. The molecule has 1 amide bonds. The Kier molecular flexibility index (Phi) is 5.62. The molecule has 27 heavy (non-hydrogen) atoms. The summed E-state index contributed by atoms with van der Waals surface area (Å²) in [6.07, 6.45) is -0.0540. The average Bonchev–Trinajstić information content (AvgIpc) is 3.41. The fourth-order valence-electron chi connectivity index (χ4n) is 3.14. The molecule has 0 bridgehead atoms. The third-order valence-electron chi connectivity index (χ3n) is 4.53. The molecule has 0 radical (unpaired) electrons. The van der Waals surface area contributed by atoms with Crippen molar-refractivity contribution in [2.45, 2.75) is 12.7 Å². The minimum atomic E-state index is -0.494. The van der Waals surface area contributed by atoms with Crippen LogP contribution in [-0.4, -0.2) is 44.0 Å². The van der Waals surface area contributed by atoms with Crippen LogP contribution in [0.1, 0.15) is 18.4 Å². The highest BCUT2D eigenvalue weighted by molar-refractivity contribution is 5.88. The number of nitrogens with zero attached hydrogens (tertiary/aromatic N) is 2. The third kappa shape index (κ3) is 4.44. The Balaban J connectivity index is 1.56. The van der Waals surface area contributed by atoms with Gasteiger partial charge in [-0.25, -0.2) is 9.78 Å². The van der Waals surface area contributed by atoms with Gasteiger partial charge in [-0.15, -0.1) is 0 Å². The van der Waals surface area contributed by atoms with Crippen molar-refractivity contribution in [1.82, 2.24) is 4.98 Å². The lowest BCUT2D eigenvalue weighted by atomic mass is 10.1. The number of benzene rings is 1. The van der Waals surface area contributed by atoms with Crippen LogP contribution in [0.15, 0.2) is 48.5 Å².